The summed E-state index contributed by atoms with van der Waals surface area (Å²) in [5.74, 6) is 0. The van der Waals surface area contributed by atoms with Crippen LogP contribution in [0.2, 0.25) is 0 Å². The maximum Gasteiger partial charge on any atom is 0.123 e. The Kier molecular flexibility index (Phi) is 2.37. The van der Waals surface area contributed by atoms with Crippen LogP contribution in [0.3, 0.4) is 0 Å². The first-order valence-corrected chi connectivity index (χ1v) is 3.92. The molecule has 0 saturated carbocycles. The molecule has 1 heterocycles. The Balaban J connectivity index is 2.74. The quantitative estimate of drug-likeness (QED) is 0.656. The smallest absolute Gasteiger partial charge is 0.123 e. The average molecular weight is 158 g/mol. The third-order valence-corrected chi connectivity index (χ3v) is 2.21. The molecule has 0 saturated heterocycles. The number of nitrogens with zero attached hydrogens (tertiary/aromatic N) is 1. The molecule has 0 bridgehead atoms. The molecule has 0 aliphatic heterocycles. The van der Waals surface area contributed by atoms with Crippen LogP contribution >= 0.6 is 11.3 Å². The molecule has 56 valence electrons. The summed E-state index contributed by atoms with van der Waals surface area (Å²) in [5.41, 5.74) is 6.17. The van der Waals surface area contributed by atoms with Gasteiger partial charge in [0.15, 0.2) is 0 Å². The summed E-state index contributed by atoms with van der Waals surface area (Å²) >= 11 is 1.44. The number of thiazole rings is 1. The van der Waals surface area contributed by atoms with Gasteiger partial charge in [-0.3, -0.25) is 0 Å². The SMILES string of the molecule is Cc1csc([C@@H](O)CN)n1. The second kappa shape index (κ2) is 3.09. The van der Waals surface area contributed by atoms with E-state index in [1.807, 2.05) is 12.3 Å². The molecular weight excluding hydrogens is 148 g/mol. The third kappa shape index (κ3) is 1.53. The summed E-state index contributed by atoms with van der Waals surface area (Å²) in [6, 6.07) is 0. The van der Waals surface area contributed by atoms with Crippen LogP contribution in [0.15, 0.2) is 5.38 Å². The highest BCUT2D eigenvalue weighted by atomic mass is 32.1. The number of aromatic nitrogens is 1. The van der Waals surface area contributed by atoms with Crippen molar-refractivity contribution in [3.05, 3.63) is 16.1 Å². The number of hydrogen-bond acceptors (Lipinski definition) is 4. The van der Waals surface area contributed by atoms with Crippen LogP contribution in [0.1, 0.15) is 16.8 Å². The van der Waals surface area contributed by atoms with Crippen molar-refractivity contribution in [2.45, 2.75) is 13.0 Å². The first-order chi connectivity index (χ1) is 4.74. The molecule has 1 aromatic rings. The summed E-state index contributed by atoms with van der Waals surface area (Å²) in [4.78, 5) is 4.07. The van der Waals surface area contributed by atoms with E-state index >= 15 is 0 Å². The lowest BCUT2D eigenvalue weighted by atomic mass is 10.4. The fraction of sp³-hybridized carbons (Fsp3) is 0.500. The molecule has 0 aromatic carbocycles. The maximum absolute atomic E-state index is 9.17. The predicted octanol–water partition coefficient (Wildman–Crippen LogP) is 0.444. The van der Waals surface area contributed by atoms with Crippen molar-refractivity contribution < 1.29 is 5.11 Å². The minimum absolute atomic E-state index is 0.243. The zero-order valence-electron chi connectivity index (χ0n) is 5.74. The lowest BCUT2D eigenvalue weighted by Gasteiger charge is -2.00. The number of rotatable bonds is 2. The Morgan fingerprint density at radius 2 is 2.60 bits per heavy atom. The van der Waals surface area contributed by atoms with Crippen LogP contribution in [-0.2, 0) is 0 Å². The van der Waals surface area contributed by atoms with Gasteiger partial charge >= 0.3 is 0 Å². The van der Waals surface area contributed by atoms with Crippen LogP contribution in [0.4, 0.5) is 0 Å². The van der Waals surface area contributed by atoms with Crippen molar-refractivity contribution in [1.29, 1.82) is 0 Å². The van der Waals surface area contributed by atoms with Gasteiger partial charge in [0.1, 0.15) is 11.1 Å². The normalized spacial score (nSPS) is 13.5. The van der Waals surface area contributed by atoms with E-state index in [-0.39, 0.29) is 6.54 Å². The van der Waals surface area contributed by atoms with Crippen LogP contribution < -0.4 is 5.73 Å². The monoisotopic (exact) mass is 158 g/mol. The molecule has 3 nitrogen and oxygen atoms in total. The van der Waals surface area contributed by atoms with E-state index in [4.69, 9.17) is 10.8 Å². The Bertz CT molecular complexity index is 211. The topological polar surface area (TPSA) is 59.1 Å². The van der Waals surface area contributed by atoms with Gasteiger partial charge < -0.3 is 10.8 Å². The Morgan fingerprint density at radius 3 is 3.00 bits per heavy atom. The number of hydrogen-bond donors (Lipinski definition) is 2. The van der Waals surface area contributed by atoms with Crippen LogP contribution in [0, 0.1) is 6.92 Å². The van der Waals surface area contributed by atoms with Crippen molar-refractivity contribution in [2.24, 2.45) is 5.73 Å². The van der Waals surface area contributed by atoms with Crippen LogP contribution in [0.25, 0.3) is 0 Å². The van der Waals surface area contributed by atoms with E-state index in [1.165, 1.54) is 11.3 Å². The van der Waals surface area contributed by atoms with Crippen molar-refractivity contribution in [3.63, 3.8) is 0 Å². The summed E-state index contributed by atoms with van der Waals surface area (Å²) < 4.78 is 0. The summed E-state index contributed by atoms with van der Waals surface area (Å²) in [6.07, 6.45) is -0.585. The Labute approximate surface area is 63.5 Å². The van der Waals surface area contributed by atoms with E-state index in [0.29, 0.717) is 5.01 Å². The van der Waals surface area contributed by atoms with Gasteiger partial charge in [-0.25, -0.2) is 4.98 Å². The molecule has 0 unspecified atom stereocenters. The zero-order valence-corrected chi connectivity index (χ0v) is 6.56. The van der Waals surface area contributed by atoms with Gasteiger partial charge in [-0.2, -0.15) is 0 Å². The predicted molar refractivity (Wildman–Crippen MR) is 40.9 cm³/mol. The molecule has 1 aromatic heterocycles. The van der Waals surface area contributed by atoms with Crippen molar-refractivity contribution >= 4 is 11.3 Å². The Hall–Kier alpha value is -0.450. The van der Waals surface area contributed by atoms with Gasteiger partial charge in [-0.15, -0.1) is 11.3 Å². The highest BCUT2D eigenvalue weighted by Gasteiger charge is 2.07. The second-order valence-corrected chi connectivity index (χ2v) is 2.97. The molecule has 4 heteroatoms. The zero-order chi connectivity index (χ0) is 7.56. The van der Waals surface area contributed by atoms with E-state index in [9.17, 15) is 0 Å². The molecule has 1 atom stereocenters. The molecule has 0 fully saturated rings. The minimum Gasteiger partial charge on any atom is -0.385 e. The highest BCUT2D eigenvalue weighted by Crippen LogP contribution is 2.15. The van der Waals surface area contributed by atoms with Gasteiger partial charge in [0.2, 0.25) is 0 Å². The maximum atomic E-state index is 9.17. The van der Waals surface area contributed by atoms with E-state index in [2.05, 4.69) is 4.98 Å². The summed E-state index contributed by atoms with van der Waals surface area (Å²) in [5, 5.41) is 11.8. The summed E-state index contributed by atoms with van der Waals surface area (Å²) in [7, 11) is 0. The van der Waals surface area contributed by atoms with E-state index < -0.39 is 6.10 Å². The van der Waals surface area contributed by atoms with Crippen molar-refractivity contribution in [3.8, 4) is 0 Å². The molecule has 0 radical (unpaired) electrons. The van der Waals surface area contributed by atoms with E-state index in [1.54, 1.807) is 0 Å². The van der Waals surface area contributed by atoms with Crippen molar-refractivity contribution in [2.75, 3.05) is 6.54 Å². The lowest BCUT2D eigenvalue weighted by Crippen LogP contribution is -2.10. The number of aryl methyl sites for hydroxylation is 1. The number of nitrogens with two attached hydrogens (primary N) is 1. The molecule has 0 spiro atoms. The van der Waals surface area contributed by atoms with Gasteiger partial charge in [-0.05, 0) is 6.92 Å². The molecule has 0 amide bonds. The minimum atomic E-state index is -0.585. The van der Waals surface area contributed by atoms with Crippen LogP contribution in [-0.4, -0.2) is 16.6 Å². The molecule has 10 heavy (non-hydrogen) atoms. The summed E-state index contributed by atoms with van der Waals surface area (Å²) in [6.45, 7) is 2.14. The molecule has 3 N–H and O–H groups in total. The first kappa shape index (κ1) is 7.65. The first-order valence-electron chi connectivity index (χ1n) is 3.04. The van der Waals surface area contributed by atoms with Gasteiger partial charge in [0.25, 0.3) is 0 Å². The second-order valence-electron chi connectivity index (χ2n) is 2.08. The lowest BCUT2D eigenvalue weighted by molar-refractivity contribution is 0.186. The molecular formula is C6H10N2OS. The molecule has 0 aliphatic rings. The van der Waals surface area contributed by atoms with Gasteiger partial charge in [0, 0.05) is 17.6 Å². The fourth-order valence-electron chi connectivity index (χ4n) is 0.626. The third-order valence-electron chi connectivity index (χ3n) is 1.15. The van der Waals surface area contributed by atoms with E-state index in [0.717, 1.165) is 5.69 Å². The highest BCUT2D eigenvalue weighted by molar-refractivity contribution is 7.09. The van der Waals surface area contributed by atoms with Gasteiger partial charge in [0.05, 0.1) is 0 Å². The number of aliphatic hydroxyl groups excluding tert-OH is 1. The molecule has 1 rings (SSSR count). The standard InChI is InChI=1S/C6H10N2OS/c1-4-3-10-6(8-4)5(9)2-7/h3,5,9H,2,7H2,1H3/t5-/m0/s1. The van der Waals surface area contributed by atoms with Crippen molar-refractivity contribution in [1.82, 2.24) is 4.98 Å². The van der Waals surface area contributed by atoms with Gasteiger partial charge in [-0.1, -0.05) is 0 Å². The average Bonchev–Trinajstić information content (AvgIpc) is 2.34. The fourth-order valence-corrected chi connectivity index (χ4v) is 1.42. The Morgan fingerprint density at radius 1 is 1.90 bits per heavy atom. The number of aliphatic hydroxyl groups is 1. The molecule has 0 aliphatic carbocycles. The van der Waals surface area contributed by atoms with Crippen LogP contribution in [0.5, 0.6) is 0 Å². The largest absolute Gasteiger partial charge is 0.385 e.